The maximum absolute atomic E-state index is 13.6. The molecule has 1 N–H and O–H groups in total. The monoisotopic (exact) mass is 419 g/mol. The van der Waals surface area contributed by atoms with Gasteiger partial charge in [0.2, 0.25) is 0 Å². The second-order valence-electron chi connectivity index (χ2n) is 7.27. The molecule has 3 heterocycles. The van der Waals surface area contributed by atoms with E-state index in [0.29, 0.717) is 11.3 Å². The van der Waals surface area contributed by atoms with Crippen molar-refractivity contribution in [2.24, 2.45) is 0 Å². The van der Waals surface area contributed by atoms with Crippen molar-refractivity contribution in [2.75, 3.05) is 20.2 Å². The zero-order valence-corrected chi connectivity index (χ0v) is 17.3. The Morgan fingerprint density at radius 1 is 1.13 bits per heavy atom. The van der Waals surface area contributed by atoms with E-state index in [9.17, 15) is 8.42 Å². The zero-order chi connectivity index (χ0) is 20.7. The van der Waals surface area contributed by atoms with Crippen molar-refractivity contribution >= 4 is 37.4 Å². The van der Waals surface area contributed by atoms with Crippen LogP contribution in [0.3, 0.4) is 0 Å². The van der Waals surface area contributed by atoms with Crippen LogP contribution in [0.15, 0.2) is 71.9 Å². The van der Waals surface area contributed by atoms with Crippen LogP contribution in [0, 0.1) is 0 Å². The van der Waals surface area contributed by atoms with Gasteiger partial charge in [-0.3, -0.25) is 4.98 Å². The molecule has 5 rings (SSSR count). The number of rotatable bonds is 4. The molecule has 0 radical (unpaired) electrons. The first-order valence-corrected chi connectivity index (χ1v) is 11.2. The van der Waals surface area contributed by atoms with Gasteiger partial charge in [0.25, 0.3) is 10.0 Å². The first kappa shape index (κ1) is 18.8. The molecular weight excluding hydrogens is 398 g/mol. The Balaban J connectivity index is 1.73. The summed E-state index contributed by atoms with van der Waals surface area (Å²) in [6.45, 7) is 1.64. The lowest BCUT2D eigenvalue weighted by atomic mass is 10.00. The number of nitrogens with one attached hydrogen (secondary N) is 1. The molecule has 0 fully saturated rings. The van der Waals surface area contributed by atoms with E-state index in [1.807, 2.05) is 30.3 Å². The normalized spacial score (nSPS) is 14.8. The molecule has 0 atom stereocenters. The molecule has 0 saturated carbocycles. The van der Waals surface area contributed by atoms with E-state index in [1.165, 1.54) is 10.2 Å². The van der Waals surface area contributed by atoms with Gasteiger partial charge in [0, 0.05) is 35.3 Å². The molecule has 1 aliphatic rings. The van der Waals surface area contributed by atoms with Crippen molar-refractivity contribution in [2.45, 2.75) is 11.3 Å². The topological polar surface area (TPSA) is 73.2 Å². The number of para-hydroxylation sites is 1. The van der Waals surface area contributed by atoms with Crippen molar-refractivity contribution in [1.82, 2.24) is 14.3 Å². The minimum Gasteiger partial charge on any atom is -0.497 e. The molecule has 2 aromatic carbocycles. The number of fused-ring (bicyclic) bond motifs is 2. The lowest BCUT2D eigenvalue weighted by Crippen LogP contribution is -2.20. The van der Waals surface area contributed by atoms with Crippen LogP contribution in [-0.4, -0.2) is 37.6 Å². The van der Waals surface area contributed by atoms with E-state index in [4.69, 9.17) is 4.74 Å². The summed E-state index contributed by atoms with van der Waals surface area (Å²) in [7, 11) is -2.21. The fraction of sp³-hybridized carbons (Fsp3) is 0.174. The minimum absolute atomic E-state index is 0.166. The smallest absolute Gasteiger partial charge is 0.269 e. The summed E-state index contributed by atoms with van der Waals surface area (Å²) in [5.74, 6) is 0.695. The van der Waals surface area contributed by atoms with Crippen LogP contribution in [0.4, 0.5) is 0 Å². The largest absolute Gasteiger partial charge is 0.497 e. The van der Waals surface area contributed by atoms with Crippen LogP contribution in [0.25, 0.3) is 27.4 Å². The molecule has 7 heteroatoms. The summed E-state index contributed by atoms with van der Waals surface area (Å²) in [6.07, 6.45) is 6.11. The first-order chi connectivity index (χ1) is 14.6. The summed E-state index contributed by atoms with van der Waals surface area (Å²) in [6, 6.07) is 14.7. The van der Waals surface area contributed by atoms with E-state index in [0.717, 1.165) is 46.9 Å². The van der Waals surface area contributed by atoms with E-state index >= 15 is 0 Å². The van der Waals surface area contributed by atoms with Gasteiger partial charge < -0.3 is 10.1 Å². The van der Waals surface area contributed by atoms with Crippen molar-refractivity contribution in [3.63, 3.8) is 0 Å². The zero-order valence-electron chi connectivity index (χ0n) is 16.5. The molecule has 0 spiro atoms. The number of pyridine rings is 1. The first-order valence-electron chi connectivity index (χ1n) is 9.77. The number of methoxy groups -OCH3 is 1. The third-order valence-electron chi connectivity index (χ3n) is 5.51. The van der Waals surface area contributed by atoms with Gasteiger partial charge in [-0.2, -0.15) is 0 Å². The molecule has 152 valence electrons. The summed E-state index contributed by atoms with van der Waals surface area (Å²) >= 11 is 0. The molecule has 6 nitrogen and oxygen atoms in total. The predicted molar refractivity (Wildman–Crippen MR) is 118 cm³/mol. The summed E-state index contributed by atoms with van der Waals surface area (Å²) in [4.78, 5) is 4.51. The highest BCUT2D eigenvalue weighted by Gasteiger charge is 2.24. The van der Waals surface area contributed by atoms with Gasteiger partial charge >= 0.3 is 0 Å². The summed E-state index contributed by atoms with van der Waals surface area (Å²) in [5.41, 5.74) is 3.44. The maximum Gasteiger partial charge on any atom is 0.269 e. The highest BCUT2D eigenvalue weighted by atomic mass is 32.2. The van der Waals surface area contributed by atoms with Crippen LogP contribution in [-0.2, 0) is 10.0 Å². The second kappa shape index (κ2) is 7.27. The maximum atomic E-state index is 13.6. The third-order valence-corrected chi connectivity index (χ3v) is 7.15. The number of ether oxygens (including phenoxy) is 1. The lowest BCUT2D eigenvalue weighted by Gasteiger charge is -2.13. The van der Waals surface area contributed by atoms with Gasteiger partial charge in [0.1, 0.15) is 10.6 Å². The SMILES string of the molecule is COc1ccc2c(c1)c(C1=CCNCC1)cn2S(=O)(=O)c1cnc2ccccc2c1. The molecule has 0 unspecified atom stereocenters. The van der Waals surface area contributed by atoms with Crippen molar-refractivity contribution in [3.8, 4) is 5.75 Å². The summed E-state index contributed by atoms with van der Waals surface area (Å²) < 4.78 is 34.0. The number of hydrogen-bond acceptors (Lipinski definition) is 5. The quantitative estimate of drug-likeness (QED) is 0.545. The highest BCUT2D eigenvalue weighted by Crippen LogP contribution is 2.34. The van der Waals surface area contributed by atoms with E-state index in [-0.39, 0.29) is 4.90 Å². The third kappa shape index (κ3) is 3.07. The Morgan fingerprint density at radius 3 is 2.80 bits per heavy atom. The van der Waals surface area contributed by atoms with E-state index in [2.05, 4.69) is 16.4 Å². The Labute approximate surface area is 174 Å². The molecule has 30 heavy (non-hydrogen) atoms. The molecular formula is C23H21N3O3S. The van der Waals surface area contributed by atoms with Gasteiger partial charge in [0.15, 0.2) is 0 Å². The lowest BCUT2D eigenvalue weighted by molar-refractivity contribution is 0.415. The molecule has 0 amide bonds. The Hall–Kier alpha value is -3.16. The number of aromatic nitrogens is 2. The minimum atomic E-state index is -3.82. The van der Waals surface area contributed by atoms with Crippen LogP contribution in [0.2, 0.25) is 0 Å². The average molecular weight is 420 g/mol. The fourth-order valence-electron chi connectivity index (χ4n) is 3.93. The second-order valence-corrected chi connectivity index (χ2v) is 9.09. The predicted octanol–water partition coefficient (Wildman–Crippen LogP) is 3.81. The number of benzene rings is 2. The fourth-order valence-corrected chi connectivity index (χ4v) is 5.29. The Bertz CT molecular complexity index is 1400. The molecule has 4 aromatic rings. The van der Waals surface area contributed by atoms with Crippen LogP contribution in [0.1, 0.15) is 12.0 Å². The number of nitrogens with zero attached hydrogens (tertiary/aromatic N) is 2. The van der Waals surface area contributed by atoms with Crippen molar-refractivity contribution in [3.05, 3.63) is 72.6 Å². The molecule has 2 aromatic heterocycles. The summed E-state index contributed by atoms with van der Waals surface area (Å²) in [5, 5.41) is 4.95. The highest BCUT2D eigenvalue weighted by molar-refractivity contribution is 7.90. The van der Waals surface area contributed by atoms with Gasteiger partial charge in [0.05, 0.1) is 18.1 Å². The van der Waals surface area contributed by atoms with Crippen molar-refractivity contribution < 1.29 is 13.2 Å². The average Bonchev–Trinajstić information content (AvgIpc) is 3.19. The van der Waals surface area contributed by atoms with Crippen molar-refractivity contribution in [1.29, 1.82) is 0 Å². The molecule has 0 saturated heterocycles. The van der Waals surface area contributed by atoms with Gasteiger partial charge in [-0.05, 0) is 48.9 Å². The van der Waals surface area contributed by atoms with Crippen LogP contribution < -0.4 is 10.1 Å². The van der Waals surface area contributed by atoms with Crippen LogP contribution in [0.5, 0.6) is 5.75 Å². The van der Waals surface area contributed by atoms with E-state index in [1.54, 1.807) is 31.5 Å². The Morgan fingerprint density at radius 2 is 2.00 bits per heavy atom. The van der Waals surface area contributed by atoms with Gasteiger partial charge in [-0.15, -0.1) is 0 Å². The molecule has 0 bridgehead atoms. The van der Waals surface area contributed by atoms with Gasteiger partial charge in [-0.25, -0.2) is 12.4 Å². The molecule has 1 aliphatic heterocycles. The Kier molecular flexibility index (Phi) is 4.56. The standard InChI is InChI=1S/C23H21N3O3S/c1-29-18-6-7-23-20(13-18)21(16-8-10-24-11-9-16)15-26(23)30(27,28)19-12-17-4-2-3-5-22(17)25-14-19/h2-8,12-15,24H,9-11H2,1H3. The van der Waals surface area contributed by atoms with Gasteiger partial charge in [-0.1, -0.05) is 24.3 Å². The van der Waals surface area contributed by atoms with E-state index < -0.39 is 10.0 Å². The van der Waals surface area contributed by atoms with Crippen LogP contribution >= 0.6 is 0 Å². The molecule has 0 aliphatic carbocycles. The number of hydrogen-bond donors (Lipinski definition) is 1.